The number of piperidine rings is 2. The summed E-state index contributed by atoms with van der Waals surface area (Å²) in [5.74, 6) is 0.982. The molecule has 2 aromatic carbocycles. The third kappa shape index (κ3) is 4.27. The van der Waals surface area contributed by atoms with E-state index in [2.05, 4.69) is 76.2 Å². The van der Waals surface area contributed by atoms with E-state index >= 15 is 0 Å². The topological polar surface area (TPSA) is 19.4 Å². The van der Waals surface area contributed by atoms with E-state index in [4.69, 9.17) is 4.42 Å². The van der Waals surface area contributed by atoms with Gasteiger partial charge in [0.15, 0.2) is 0 Å². The Morgan fingerprint density at radius 1 is 0.727 bits per heavy atom. The minimum Gasteiger partial charge on any atom is -1.00 e. The van der Waals surface area contributed by atoms with Gasteiger partial charge in [0.25, 0.3) is 0 Å². The summed E-state index contributed by atoms with van der Waals surface area (Å²) in [7, 11) is 0. The Morgan fingerprint density at radius 2 is 1.48 bits per heavy atom. The number of rotatable bonds is 2. The van der Waals surface area contributed by atoms with Crippen molar-refractivity contribution in [3.8, 4) is 22.5 Å². The van der Waals surface area contributed by atoms with Crippen molar-refractivity contribution < 1.29 is 16.8 Å². The van der Waals surface area contributed by atoms with Crippen molar-refractivity contribution >= 4 is 16.7 Å². The maximum atomic E-state index is 6.62. The second-order valence-electron chi connectivity index (χ2n) is 9.30. The largest absolute Gasteiger partial charge is 1.00 e. The van der Waals surface area contributed by atoms with E-state index in [1.807, 2.05) is 0 Å². The lowest BCUT2D eigenvalue weighted by Gasteiger charge is -2.29. The summed E-state index contributed by atoms with van der Waals surface area (Å²) < 4.78 is 9.13. The Morgan fingerprint density at radius 3 is 2.27 bits per heavy atom. The van der Waals surface area contributed by atoms with Gasteiger partial charge < -0.3 is 21.7 Å². The summed E-state index contributed by atoms with van der Waals surface area (Å²) >= 11 is 0. The molecule has 0 spiro atoms. The molecule has 1 aliphatic carbocycles. The molecular formula is C29H31ClN2O. The first-order valence-corrected chi connectivity index (χ1v) is 12.3. The van der Waals surface area contributed by atoms with E-state index < -0.39 is 0 Å². The number of nitrogens with zero attached hydrogens (tertiary/aromatic N) is 2. The molecule has 0 bridgehead atoms. The first kappa shape index (κ1) is 22.0. The minimum atomic E-state index is 0. The van der Waals surface area contributed by atoms with Gasteiger partial charge in [0.05, 0.1) is 6.07 Å². The standard InChI is InChI=1S/C29H31N2O.ClH/c1-4-10-22(11-5-1)29-25-14-12-23(30-16-6-2-7-17-30)20-27(25)32-28-21-24(13-15-26(28)29)31-18-8-3-9-19-31;/h1,4-5,10-15,20-21H,2-3,6-9,16-19H2;1H/q+1;/p-1. The van der Waals surface area contributed by atoms with Gasteiger partial charge in [-0.15, -0.1) is 0 Å². The van der Waals surface area contributed by atoms with Crippen LogP contribution in [-0.2, 0) is 0 Å². The van der Waals surface area contributed by atoms with Crippen LogP contribution in [0.3, 0.4) is 0 Å². The molecule has 3 nitrogen and oxygen atoms in total. The molecule has 2 fully saturated rings. The first-order valence-electron chi connectivity index (χ1n) is 12.3. The summed E-state index contributed by atoms with van der Waals surface area (Å²) in [5.41, 5.74) is 5.98. The summed E-state index contributed by atoms with van der Waals surface area (Å²) in [6.07, 6.45) is 7.80. The second-order valence-corrected chi connectivity index (χ2v) is 9.30. The zero-order valence-corrected chi connectivity index (χ0v) is 19.9. The maximum Gasteiger partial charge on any atom is 0.203 e. The van der Waals surface area contributed by atoms with Crippen LogP contribution in [0.1, 0.15) is 38.5 Å². The molecule has 0 atom stereocenters. The number of halogens is 1. The Labute approximate surface area is 202 Å². The molecule has 0 radical (unpaired) electrons. The number of hydrogen-bond donors (Lipinski definition) is 0. The Bertz CT molecular complexity index is 1280. The quantitative estimate of drug-likeness (QED) is 0.339. The molecule has 0 amide bonds. The molecule has 0 aromatic heterocycles. The third-order valence-corrected chi connectivity index (χ3v) is 7.19. The van der Waals surface area contributed by atoms with Crippen molar-refractivity contribution in [2.75, 3.05) is 31.1 Å². The van der Waals surface area contributed by atoms with Crippen LogP contribution in [0.2, 0.25) is 0 Å². The van der Waals surface area contributed by atoms with Crippen LogP contribution in [0.15, 0.2) is 71.1 Å². The SMILES string of the molecule is [Cl-].c1ccc(-c2c3ccc(=[N+]4CCCCC4)cc-3oc3cc(N4CCCCC4)ccc23)cc1. The van der Waals surface area contributed by atoms with Gasteiger partial charge in [0.1, 0.15) is 24.4 Å². The van der Waals surface area contributed by atoms with Crippen LogP contribution < -0.4 is 27.2 Å². The van der Waals surface area contributed by atoms with Crippen molar-refractivity contribution in [1.82, 2.24) is 4.58 Å². The maximum absolute atomic E-state index is 6.62. The fraction of sp³-hybridized carbons (Fsp3) is 0.345. The molecule has 170 valence electrons. The highest BCUT2D eigenvalue weighted by molar-refractivity contribution is 6.02. The lowest BCUT2D eigenvalue weighted by atomic mass is 9.93. The van der Waals surface area contributed by atoms with E-state index in [1.54, 1.807) is 0 Å². The molecule has 4 heteroatoms. The average molecular weight is 459 g/mol. The molecule has 4 aliphatic rings. The van der Waals surface area contributed by atoms with Gasteiger partial charge in [0.2, 0.25) is 5.36 Å². The third-order valence-electron chi connectivity index (χ3n) is 7.19. The molecule has 2 saturated heterocycles. The lowest BCUT2D eigenvalue weighted by molar-refractivity contribution is -0.00000677. The predicted molar refractivity (Wildman–Crippen MR) is 133 cm³/mol. The van der Waals surface area contributed by atoms with E-state index in [-0.39, 0.29) is 12.4 Å². The second kappa shape index (κ2) is 9.61. The molecule has 33 heavy (non-hydrogen) atoms. The van der Waals surface area contributed by atoms with E-state index in [1.165, 1.54) is 71.6 Å². The fourth-order valence-corrected chi connectivity index (χ4v) is 5.48. The highest BCUT2D eigenvalue weighted by atomic mass is 35.5. The Balaban J connectivity index is 0.00000228. The highest BCUT2D eigenvalue weighted by Crippen LogP contribution is 2.40. The van der Waals surface area contributed by atoms with Crippen LogP contribution in [0.4, 0.5) is 5.69 Å². The predicted octanol–water partition coefficient (Wildman–Crippen LogP) is 3.16. The van der Waals surface area contributed by atoms with Gasteiger partial charge in [0, 0.05) is 60.3 Å². The van der Waals surface area contributed by atoms with Gasteiger partial charge in [-0.3, -0.25) is 0 Å². The molecule has 2 aromatic rings. The van der Waals surface area contributed by atoms with Gasteiger partial charge in [-0.25, -0.2) is 4.58 Å². The highest BCUT2D eigenvalue weighted by Gasteiger charge is 2.20. The van der Waals surface area contributed by atoms with Crippen LogP contribution in [0.25, 0.3) is 33.4 Å². The Hall–Kier alpha value is -2.78. The average Bonchev–Trinajstić information content (AvgIpc) is 2.88. The van der Waals surface area contributed by atoms with Crippen molar-refractivity contribution in [3.63, 3.8) is 0 Å². The summed E-state index contributed by atoms with van der Waals surface area (Å²) in [4.78, 5) is 2.51. The van der Waals surface area contributed by atoms with Crippen LogP contribution in [0.5, 0.6) is 0 Å². The van der Waals surface area contributed by atoms with Crippen molar-refractivity contribution in [2.24, 2.45) is 0 Å². The number of anilines is 1. The molecule has 3 aliphatic heterocycles. The normalized spacial score (nSPS) is 16.7. The Kier molecular flexibility index (Phi) is 6.41. The van der Waals surface area contributed by atoms with Crippen LogP contribution >= 0.6 is 0 Å². The van der Waals surface area contributed by atoms with Gasteiger partial charge in [-0.1, -0.05) is 30.3 Å². The molecular weight excluding hydrogens is 428 g/mol. The van der Waals surface area contributed by atoms with E-state index in [0.29, 0.717) is 0 Å². The van der Waals surface area contributed by atoms with Crippen molar-refractivity contribution in [3.05, 3.63) is 72.1 Å². The molecule has 6 rings (SSSR count). The lowest BCUT2D eigenvalue weighted by Crippen LogP contribution is -3.00. The van der Waals surface area contributed by atoms with Gasteiger partial charge in [-0.05, 0) is 49.4 Å². The smallest absolute Gasteiger partial charge is 0.203 e. The summed E-state index contributed by atoms with van der Waals surface area (Å²) in [6, 6.07) is 24.4. The number of fused-ring (bicyclic) bond motifs is 2. The molecule has 0 saturated carbocycles. The van der Waals surface area contributed by atoms with E-state index in [0.717, 1.165) is 37.5 Å². The van der Waals surface area contributed by atoms with E-state index in [9.17, 15) is 0 Å². The van der Waals surface area contributed by atoms with Crippen molar-refractivity contribution in [1.29, 1.82) is 0 Å². The fourth-order valence-electron chi connectivity index (χ4n) is 5.48. The zero-order valence-electron chi connectivity index (χ0n) is 19.1. The van der Waals surface area contributed by atoms with Gasteiger partial charge >= 0.3 is 0 Å². The van der Waals surface area contributed by atoms with Gasteiger partial charge in [-0.2, -0.15) is 0 Å². The summed E-state index contributed by atoms with van der Waals surface area (Å²) in [5, 5.41) is 2.47. The summed E-state index contributed by atoms with van der Waals surface area (Å²) in [6.45, 7) is 4.57. The van der Waals surface area contributed by atoms with Crippen LogP contribution in [0, 0.1) is 0 Å². The van der Waals surface area contributed by atoms with Crippen LogP contribution in [-0.4, -0.2) is 26.2 Å². The molecule has 0 N–H and O–H groups in total. The first-order chi connectivity index (χ1) is 15.9. The molecule has 3 heterocycles. The zero-order chi connectivity index (χ0) is 21.3. The molecule has 0 unspecified atom stereocenters. The monoisotopic (exact) mass is 458 g/mol. The van der Waals surface area contributed by atoms with Crippen molar-refractivity contribution in [2.45, 2.75) is 38.5 Å². The minimum absolute atomic E-state index is 0. The number of hydrogen-bond acceptors (Lipinski definition) is 2. The number of benzene rings is 3.